The van der Waals surface area contributed by atoms with Crippen LogP contribution in [0.5, 0.6) is 28.7 Å². The van der Waals surface area contributed by atoms with E-state index in [1.54, 1.807) is 18.2 Å². The Morgan fingerprint density at radius 1 is 0.348 bits per heavy atom. The van der Waals surface area contributed by atoms with E-state index in [1.807, 2.05) is 79.4 Å². The van der Waals surface area contributed by atoms with Crippen LogP contribution in [0.15, 0.2) is 121 Å². The molecule has 5 saturated heterocycles. The van der Waals surface area contributed by atoms with Crippen molar-refractivity contribution in [3.05, 3.63) is 149 Å². The lowest BCUT2D eigenvalue weighted by atomic mass is 9.53. The first kappa shape index (κ1) is 89.2. The average Bonchev–Trinajstić information content (AvgIpc) is 1.52. The van der Waals surface area contributed by atoms with Gasteiger partial charge in [-0.25, -0.2) is 14.4 Å². The fourth-order valence-corrected chi connectivity index (χ4v) is 31.2. The van der Waals surface area contributed by atoms with Crippen molar-refractivity contribution in [1.29, 1.82) is 0 Å². The quantitative estimate of drug-likeness (QED) is 0.0472. The molecular weight excluding hydrogens is 1670 g/mol. The van der Waals surface area contributed by atoms with E-state index < -0.39 is 58.5 Å². The fraction of sp³-hybridized carbons (Fsp3) is 0.700. The number of aryl methyl sites for hydroxylation is 1. The molecule has 8 atom stereocenters. The molecule has 5 aromatic carbocycles. The highest BCUT2D eigenvalue weighted by Gasteiger charge is 2.72. The lowest BCUT2D eigenvalue weighted by molar-refractivity contribution is -0.390. The lowest BCUT2D eigenvalue weighted by Gasteiger charge is -2.57. The van der Waals surface area contributed by atoms with Crippen LogP contribution in [0.1, 0.15) is 335 Å². The molecule has 25 fully saturated rings. The van der Waals surface area contributed by atoms with Crippen LogP contribution in [0.2, 0.25) is 0 Å². The van der Waals surface area contributed by atoms with Crippen molar-refractivity contribution < 1.29 is 96.1 Å². The van der Waals surface area contributed by atoms with Crippen LogP contribution in [0, 0.1) is 102 Å². The monoisotopic (exact) mass is 1810 g/mol. The van der Waals surface area contributed by atoms with Crippen LogP contribution in [0.4, 0.5) is 14.4 Å². The van der Waals surface area contributed by atoms with Gasteiger partial charge in [0.15, 0.2) is 0 Å². The number of ether oxygens (including phenoxy) is 9. The zero-order chi connectivity index (χ0) is 89.0. The Labute approximate surface area is 779 Å². The number of piperidine rings is 1. The van der Waals surface area contributed by atoms with Gasteiger partial charge < -0.3 is 52.8 Å². The van der Waals surface area contributed by atoms with Crippen LogP contribution in [-0.4, -0.2) is 95.8 Å². The maximum atomic E-state index is 12.6. The largest absolute Gasteiger partial charge is 0.519 e. The molecule has 712 valence electrons. The number of nitrogens with one attached hydrogen (secondary N) is 1. The van der Waals surface area contributed by atoms with Crippen LogP contribution in [-0.2, 0) is 58.0 Å². The summed E-state index contributed by atoms with van der Waals surface area (Å²) < 4.78 is 55.7. The van der Waals surface area contributed by atoms with Gasteiger partial charge in [-0.2, -0.15) is 39.1 Å². The Morgan fingerprint density at radius 2 is 0.667 bits per heavy atom. The minimum absolute atomic E-state index is 0.225. The molecule has 8 spiro atoms. The van der Waals surface area contributed by atoms with E-state index in [1.165, 1.54) is 158 Å². The summed E-state index contributed by atoms with van der Waals surface area (Å²) in [5.41, 5.74) is 5.93. The molecule has 5 aliphatic heterocycles. The van der Waals surface area contributed by atoms with Crippen molar-refractivity contribution in [3.8, 4) is 28.7 Å². The summed E-state index contributed by atoms with van der Waals surface area (Å²) >= 11 is 0. The van der Waals surface area contributed by atoms with Gasteiger partial charge in [0.25, 0.3) is 0 Å². The summed E-state index contributed by atoms with van der Waals surface area (Å²) in [6.07, 6.45) is 45.9. The van der Waals surface area contributed by atoms with Crippen molar-refractivity contribution in [1.82, 2.24) is 10.2 Å². The first-order chi connectivity index (χ1) is 64.3. The van der Waals surface area contributed by atoms with Gasteiger partial charge in [-0.1, -0.05) is 86.5 Å². The van der Waals surface area contributed by atoms with E-state index in [0.717, 1.165) is 212 Å². The number of hydrogen-bond donors (Lipinski definition) is 1. The van der Waals surface area contributed by atoms with E-state index >= 15 is 0 Å². The van der Waals surface area contributed by atoms with Gasteiger partial charge in [0.1, 0.15) is 28.7 Å². The van der Waals surface area contributed by atoms with Crippen molar-refractivity contribution in [2.24, 2.45) is 94.7 Å². The van der Waals surface area contributed by atoms with E-state index in [2.05, 4.69) is 54.7 Å². The Kier molecular flexibility index (Phi) is 24.7. The third-order valence-electron chi connectivity index (χ3n) is 36.5. The second-order valence-corrected chi connectivity index (χ2v) is 45.5. The Hall–Kier alpha value is -6.77. The smallest absolute Gasteiger partial charge is 0.494 e. The maximum Gasteiger partial charge on any atom is 0.519 e. The minimum atomic E-state index is -0.740. The van der Waals surface area contributed by atoms with Gasteiger partial charge >= 0.3 is 18.3 Å². The molecular formula is C110H142N2O20. The van der Waals surface area contributed by atoms with Gasteiger partial charge in [0.2, 0.25) is 46.3 Å². The number of amides is 2. The summed E-state index contributed by atoms with van der Waals surface area (Å²) in [4.78, 5) is 88.3. The van der Waals surface area contributed by atoms with Gasteiger partial charge in [-0.05, 0) is 373 Å². The summed E-state index contributed by atoms with van der Waals surface area (Å²) in [5, 5.41) is 2.76. The number of rotatable bonds is 14. The van der Waals surface area contributed by atoms with E-state index in [-0.39, 0.29) is 12.0 Å². The Morgan fingerprint density at radius 3 is 1.01 bits per heavy atom. The number of likely N-dealkylation sites (tertiary alicyclic amines) is 1. The summed E-state index contributed by atoms with van der Waals surface area (Å²) in [5.74, 6) is 10.8. The highest BCUT2D eigenvalue weighted by Crippen LogP contribution is 2.70. The van der Waals surface area contributed by atoms with Gasteiger partial charge in [0, 0.05) is 118 Å². The minimum Gasteiger partial charge on any atom is -0.494 e. The maximum absolute atomic E-state index is 12.6. The Balaban J connectivity index is 0.000000100. The van der Waals surface area contributed by atoms with Gasteiger partial charge in [-0.3, -0.25) is 0 Å². The second-order valence-electron chi connectivity index (χ2n) is 45.5. The highest BCUT2D eigenvalue weighted by molar-refractivity contribution is 5.71. The molecule has 20 aliphatic carbocycles. The van der Waals surface area contributed by atoms with Crippen molar-refractivity contribution >= 4 is 18.3 Å². The molecule has 5 aromatic rings. The molecule has 0 unspecified atom stereocenters. The molecule has 22 nitrogen and oxygen atoms in total. The predicted molar refractivity (Wildman–Crippen MR) is 488 cm³/mol. The molecule has 5 heterocycles. The standard InChI is InChI=1S/C30H34O6.C28H37NO5.C26H35NO5.C26H36O4/c1-19-7-9-26(10-8-19)32-28(31)33-27-6-2-4-22(17-27)23-5-3-11-29(18-23)34-30(36-35-29)24-13-20-12-21(15-24)16-25(30)14-20;30-26(29-10-2-1-3-11-29)31-25-8-4-6-21(17-25)22-7-5-9-27(18-22)32-28(34-33-27)23-13-19-12-20(15-23)16-24(28)14-19;1-2-9-27-24(28)29-23-7-3-5-19(15-23)20-6-4-8-25(16-20)30-26(32-31-25)21-11-17-10-18(13-21)14-22(26)12-17;1-2-3-10-27-24-8-4-6-20(16-24)21-7-5-9-25(17-21)28-26(30-29-25)22-12-18-11-19(14-22)15-23(26)13-18/h2,4,6-10,17,20-21,23-25H,3,5,11-16,18H2,1H3;4,6,8,17,19-20,22-24H,1-3,5,7,9-16,18H2;3,5,7,15,17-18,20-22H,2,4,6,8-14,16H2,1H3,(H,27,28);4,6,8,16,18-19,21-23H,2-3,5,7,9-15,17H2,1H3/t20?,21?,23-,24?,25?,29-,30?;19?,20?,22-,23?,24?,27-,28?;17?,18?,20-,21?,22?,25-,26?;18?,19?,21-,22?,23?,25-,26?/m1111/s1. The number of carbonyl (C=O) groups excluding carboxylic acids is 3. The van der Waals surface area contributed by atoms with E-state index in [0.29, 0.717) is 94.6 Å². The molecule has 1 N–H and O–H groups in total. The number of unbranched alkanes of at least 4 members (excludes halogenated alkanes) is 1. The highest BCUT2D eigenvalue weighted by atomic mass is 17.3. The Bertz CT molecular complexity index is 4820. The zero-order valence-corrected chi connectivity index (χ0v) is 78.2. The first-order valence-corrected chi connectivity index (χ1v) is 52.5. The molecule has 0 aromatic heterocycles. The lowest BCUT2D eigenvalue weighted by Crippen LogP contribution is -2.59. The number of nitrogens with zero attached hydrogens (tertiary/aromatic N) is 1. The molecule has 22 heteroatoms. The SMILES string of the molecule is CCCCOc1cccc([C@@H]2CCC[C@]3(C2)OOC2(O3)C3CC4CC(C3)CC2C4)c1.CCCNC(=O)Oc1cccc([C@@H]2CCC[C@]3(C2)OOC2(O3)C3CC4CC(C3)CC2C4)c1.Cc1ccc(OC(=O)Oc2cccc([C@@H]3CCC[C@]4(C3)OOC3(O4)C4CC5CC(C4)CC3C5)c2)cc1.O=C(Oc1cccc([C@@H]2CCC[C@]3(C2)OOC2(O3)C3CC4CC(C3)CC2C4)c1)N1CCCCC1. The second kappa shape index (κ2) is 36.5. The molecule has 132 heavy (non-hydrogen) atoms. The van der Waals surface area contributed by atoms with Crippen molar-refractivity contribution in [2.75, 3.05) is 26.2 Å². The van der Waals surface area contributed by atoms with Crippen LogP contribution in [0.3, 0.4) is 0 Å². The molecule has 30 rings (SSSR count). The normalized spacial score (nSPS) is 41.8. The number of benzene rings is 5. The van der Waals surface area contributed by atoms with Crippen LogP contribution in [0.25, 0.3) is 0 Å². The van der Waals surface area contributed by atoms with Crippen LogP contribution >= 0.6 is 0 Å². The van der Waals surface area contributed by atoms with E-state index in [9.17, 15) is 14.4 Å². The molecule has 20 saturated carbocycles. The third kappa shape index (κ3) is 17.5. The van der Waals surface area contributed by atoms with Crippen molar-refractivity contribution in [3.63, 3.8) is 0 Å². The van der Waals surface area contributed by atoms with E-state index in [4.69, 9.17) is 81.7 Å². The van der Waals surface area contributed by atoms with Crippen LogP contribution < -0.4 is 29.0 Å². The van der Waals surface area contributed by atoms with Gasteiger partial charge in [-0.15, -0.1) is 0 Å². The van der Waals surface area contributed by atoms with Crippen molar-refractivity contribution in [2.45, 2.75) is 360 Å². The molecule has 2 amide bonds. The summed E-state index contributed by atoms with van der Waals surface area (Å²) in [6.45, 7) is 9.20. The summed E-state index contributed by atoms with van der Waals surface area (Å²) in [7, 11) is 0. The first-order valence-electron chi connectivity index (χ1n) is 52.5. The molecule has 16 bridgehead atoms. The average molecular weight is 1810 g/mol. The fourth-order valence-electron chi connectivity index (χ4n) is 31.2. The topological polar surface area (TPSA) is 223 Å². The summed E-state index contributed by atoms with van der Waals surface area (Å²) in [6, 6.07) is 39.7. The number of carbonyl (C=O) groups is 3. The number of hydrogen-bond acceptors (Lipinski definition) is 20. The van der Waals surface area contributed by atoms with Gasteiger partial charge in [0.05, 0.1) is 6.61 Å². The molecule has 0 radical (unpaired) electrons. The third-order valence-corrected chi connectivity index (χ3v) is 36.5. The predicted octanol–water partition coefficient (Wildman–Crippen LogP) is 25.2. The zero-order valence-electron chi connectivity index (χ0n) is 78.2. The molecule has 25 aliphatic rings.